The maximum Gasteiger partial charge on any atom is 0.229 e. The van der Waals surface area contributed by atoms with Crippen LogP contribution >= 0.6 is 0 Å². The van der Waals surface area contributed by atoms with Crippen molar-refractivity contribution in [1.82, 2.24) is 29.6 Å². The summed E-state index contributed by atoms with van der Waals surface area (Å²) in [5.41, 5.74) is 2.74. The fourth-order valence-electron chi connectivity index (χ4n) is 3.68. The summed E-state index contributed by atoms with van der Waals surface area (Å²) in [5, 5.41) is 4.69. The van der Waals surface area contributed by atoms with Crippen LogP contribution in [-0.4, -0.2) is 42.1 Å². The van der Waals surface area contributed by atoms with Gasteiger partial charge in [-0.05, 0) is 12.8 Å². The number of aryl methyl sites for hydroxylation is 1. The molecule has 1 N–H and O–H groups in total. The summed E-state index contributed by atoms with van der Waals surface area (Å²) >= 11 is 0. The molecule has 3 heterocycles. The van der Waals surface area contributed by atoms with Crippen molar-refractivity contribution in [1.29, 1.82) is 0 Å². The highest BCUT2D eigenvalue weighted by Crippen LogP contribution is 2.32. The van der Waals surface area contributed by atoms with Gasteiger partial charge in [0.05, 0.1) is 31.0 Å². The van der Waals surface area contributed by atoms with Crippen LogP contribution in [0.2, 0.25) is 0 Å². The number of rotatable bonds is 4. The Labute approximate surface area is 158 Å². The van der Waals surface area contributed by atoms with Crippen LogP contribution in [0.15, 0.2) is 36.7 Å². The Balaban J connectivity index is 1.64. The minimum Gasteiger partial charge on any atom is -0.348 e. The van der Waals surface area contributed by atoms with Crippen LogP contribution in [0.3, 0.4) is 0 Å². The molecule has 0 aliphatic carbocycles. The monoisotopic (exact) mass is 364 g/mol. The van der Waals surface area contributed by atoms with E-state index in [-0.39, 0.29) is 17.9 Å². The van der Waals surface area contributed by atoms with Crippen LogP contribution in [0.4, 0.5) is 0 Å². The second kappa shape index (κ2) is 6.98. The molecule has 0 fully saturated rings. The van der Waals surface area contributed by atoms with Gasteiger partial charge in [-0.1, -0.05) is 44.2 Å². The summed E-state index contributed by atoms with van der Waals surface area (Å²) in [6.07, 6.45) is 1.94. The Morgan fingerprint density at radius 1 is 1.26 bits per heavy atom. The molecule has 1 amide bonds. The number of hydrogen-bond acceptors (Lipinski definition) is 4. The Bertz CT molecular complexity index is 943. The van der Waals surface area contributed by atoms with E-state index in [1.54, 1.807) is 6.33 Å². The Morgan fingerprint density at radius 2 is 2.04 bits per heavy atom. The van der Waals surface area contributed by atoms with E-state index in [0.29, 0.717) is 25.3 Å². The number of nitrogens with one attached hydrogen (secondary N) is 1. The van der Waals surface area contributed by atoms with E-state index in [9.17, 15) is 4.79 Å². The quantitative estimate of drug-likeness (QED) is 0.772. The van der Waals surface area contributed by atoms with Gasteiger partial charge in [0.2, 0.25) is 5.91 Å². The highest BCUT2D eigenvalue weighted by atomic mass is 16.2. The largest absolute Gasteiger partial charge is 0.348 e. The number of imidazole rings is 1. The average molecular weight is 364 g/mol. The first-order valence-electron chi connectivity index (χ1n) is 9.33. The standard InChI is InChI=1S/C20H24N6O/c1-13(2)18-20-23-19(15-7-5-4-6-8-15)24-26(20)10-9-25(18)17(27)11-16-14(3)21-12-22-16/h4-8,12-13,18H,9-11H2,1-3H3,(H,21,22)/t18-/m0/s1. The Hall–Kier alpha value is -2.96. The number of carbonyl (C=O) groups excluding carboxylic acids is 1. The smallest absolute Gasteiger partial charge is 0.229 e. The summed E-state index contributed by atoms with van der Waals surface area (Å²) < 4.78 is 1.95. The van der Waals surface area contributed by atoms with Crippen molar-refractivity contribution in [3.05, 3.63) is 53.9 Å². The molecule has 0 spiro atoms. The zero-order chi connectivity index (χ0) is 19.0. The van der Waals surface area contributed by atoms with E-state index >= 15 is 0 Å². The van der Waals surface area contributed by atoms with Crippen molar-refractivity contribution in [2.24, 2.45) is 5.92 Å². The lowest BCUT2D eigenvalue weighted by molar-refractivity contribution is -0.135. The van der Waals surface area contributed by atoms with Crippen LogP contribution in [0.1, 0.15) is 37.1 Å². The minimum atomic E-state index is -0.0875. The van der Waals surface area contributed by atoms with E-state index < -0.39 is 0 Å². The lowest BCUT2D eigenvalue weighted by atomic mass is 9.99. The molecule has 4 rings (SSSR count). The van der Waals surface area contributed by atoms with E-state index in [2.05, 4.69) is 28.9 Å². The van der Waals surface area contributed by atoms with Crippen LogP contribution in [0.5, 0.6) is 0 Å². The van der Waals surface area contributed by atoms with Gasteiger partial charge in [0.25, 0.3) is 0 Å². The third-order valence-electron chi connectivity index (χ3n) is 5.09. The van der Waals surface area contributed by atoms with Crippen molar-refractivity contribution in [3.8, 4) is 11.4 Å². The molecule has 0 saturated heterocycles. The predicted octanol–water partition coefficient (Wildman–Crippen LogP) is 2.76. The minimum absolute atomic E-state index is 0.0828. The van der Waals surface area contributed by atoms with Crippen LogP contribution < -0.4 is 0 Å². The fraction of sp³-hybridized carbons (Fsp3) is 0.400. The summed E-state index contributed by atoms with van der Waals surface area (Å²) in [6, 6.07) is 9.88. The zero-order valence-electron chi connectivity index (χ0n) is 15.9. The van der Waals surface area contributed by atoms with Crippen molar-refractivity contribution < 1.29 is 4.79 Å². The predicted molar refractivity (Wildman–Crippen MR) is 102 cm³/mol. The summed E-state index contributed by atoms with van der Waals surface area (Å²) in [5.74, 6) is 1.90. The molecule has 3 aromatic rings. The van der Waals surface area contributed by atoms with Gasteiger partial charge in [0.15, 0.2) is 11.6 Å². The molecule has 0 bridgehead atoms. The zero-order valence-corrected chi connectivity index (χ0v) is 15.9. The molecular formula is C20H24N6O. The Kier molecular flexibility index (Phi) is 4.51. The highest BCUT2D eigenvalue weighted by Gasteiger charge is 2.36. The first-order valence-corrected chi connectivity index (χ1v) is 9.33. The van der Waals surface area contributed by atoms with Gasteiger partial charge >= 0.3 is 0 Å². The third-order valence-corrected chi connectivity index (χ3v) is 5.09. The summed E-state index contributed by atoms with van der Waals surface area (Å²) in [4.78, 5) is 27.1. The molecule has 0 saturated carbocycles. The maximum absolute atomic E-state index is 13.0. The number of carbonyl (C=O) groups is 1. The maximum atomic E-state index is 13.0. The number of H-pyrrole nitrogens is 1. The van der Waals surface area contributed by atoms with Crippen LogP contribution in [0.25, 0.3) is 11.4 Å². The lowest BCUT2D eigenvalue weighted by Gasteiger charge is -2.37. The number of hydrogen-bond donors (Lipinski definition) is 1. The second-order valence-corrected chi connectivity index (χ2v) is 7.31. The van der Waals surface area contributed by atoms with E-state index in [4.69, 9.17) is 4.98 Å². The van der Waals surface area contributed by atoms with Crippen LogP contribution in [-0.2, 0) is 17.8 Å². The number of amides is 1. The third kappa shape index (κ3) is 3.25. The fourth-order valence-corrected chi connectivity index (χ4v) is 3.68. The molecule has 7 heteroatoms. The van der Waals surface area contributed by atoms with Gasteiger partial charge in [0.1, 0.15) is 0 Å². The van der Waals surface area contributed by atoms with E-state index in [1.165, 1.54) is 0 Å². The van der Waals surface area contributed by atoms with Gasteiger partial charge in [-0.25, -0.2) is 14.6 Å². The molecule has 0 unspecified atom stereocenters. The lowest BCUT2D eigenvalue weighted by Crippen LogP contribution is -2.45. The van der Waals surface area contributed by atoms with Crippen molar-refractivity contribution in [2.75, 3.05) is 6.54 Å². The molecule has 140 valence electrons. The second-order valence-electron chi connectivity index (χ2n) is 7.31. The molecule has 7 nitrogen and oxygen atoms in total. The SMILES string of the molecule is Cc1[nH]cnc1CC(=O)N1CCn2nc(-c3ccccc3)nc2[C@@H]1C(C)C. The number of aromatic nitrogens is 5. The van der Waals surface area contributed by atoms with Gasteiger partial charge < -0.3 is 9.88 Å². The Morgan fingerprint density at radius 3 is 2.70 bits per heavy atom. The molecule has 1 aliphatic rings. The molecule has 27 heavy (non-hydrogen) atoms. The normalized spacial score (nSPS) is 16.6. The number of benzene rings is 1. The highest BCUT2D eigenvalue weighted by molar-refractivity contribution is 5.79. The molecule has 2 aromatic heterocycles. The van der Waals surface area contributed by atoms with Crippen LogP contribution in [0, 0.1) is 12.8 Å². The topological polar surface area (TPSA) is 79.7 Å². The number of nitrogens with zero attached hydrogens (tertiary/aromatic N) is 5. The van der Waals surface area contributed by atoms with Gasteiger partial charge in [0, 0.05) is 17.8 Å². The molecule has 1 aliphatic heterocycles. The van der Waals surface area contributed by atoms with Crippen molar-refractivity contribution in [2.45, 2.75) is 39.8 Å². The first-order chi connectivity index (χ1) is 13.0. The van der Waals surface area contributed by atoms with Gasteiger partial charge in [-0.2, -0.15) is 5.10 Å². The molecule has 0 radical (unpaired) electrons. The number of aromatic amines is 1. The molecule has 1 aromatic carbocycles. The van der Waals surface area contributed by atoms with Gasteiger partial charge in [-0.3, -0.25) is 4.79 Å². The van der Waals surface area contributed by atoms with Gasteiger partial charge in [-0.15, -0.1) is 0 Å². The molecular weight excluding hydrogens is 340 g/mol. The number of fused-ring (bicyclic) bond motifs is 1. The van der Waals surface area contributed by atoms with Crippen molar-refractivity contribution in [3.63, 3.8) is 0 Å². The first kappa shape index (κ1) is 17.5. The van der Waals surface area contributed by atoms with Crippen molar-refractivity contribution >= 4 is 5.91 Å². The molecule has 1 atom stereocenters. The summed E-state index contributed by atoms with van der Waals surface area (Å²) in [7, 11) is 0. The van der Waals surface area contributed by atoms with E-state index in [0.717, 1.165) is 22.8 Å². The average Bonchev–Trinajstić information content (AvgIpc) is 3.27. The summed E-state index contributed by atoms with van der Waals surface area (Å²) in [6.45, 7) is 7.47. The van der Waals surface area contributed by atoms with E-state index in [1.807, 2.05) is 46.8 Å².